The minimum absolute atomic E-state index is 0.125. The molecule has 4 nitrogen and oxygen atoms in total. The molecular formula is C18H12O4. The van der Waals surface area contributed by atoms with Crippen LogP contribution in [0.1, 0.15) is 26.3 Å². The Kier molecular flexibility index (Phi) is 3.43. The first-order chi connectivity index (χ1) is 10.6. The van der Waals surface area contributed by atoms with Crippen LogP contribution < -0.4 is 0 Å². The molecule has 2 aromatic rings. The first kappa shape index (κ1) is 13.9. The summed E-state index contributed by atoms with van der Waals surface area (Å²) >= 11 is 0. The van der Waals surface area contributed by atoms with E-state index >= 15 is 0 Å². The molecule has 0 radical (unpaired) electrons. The summed E-state index contributed by atoms with van der Waals surface area (Å²) in [4.78, 5) is 36.6. The van der Waals surface area contributed by atoms with Gasteiger partial charge in [-0.1, -0.05) is 42.5 Å². The lowest BCUT2D eigenvalue weighted by molar-refractivity contribution is -0.115. The summed E-state index contributed by atoms with van der Waals surface area (Å²) in [6.07, 6.45) is 2.75. The van der Waals surface area contributed by atoms with Gasteiger partial charge in [0.1, 0.15) is 11.7 Å². The number of rotatable bonds is 3. The fourth-order valence-corrected chi connectivity index (χ4v) is 2.46. The lowest BCUT2D eigenvalue weighted by atomic mass is 9.97. The van der Waals surface area contributed by atoms with Crippen LogP contribution in [-0.2, 0) is 4.79 Å². The molecule has 4 heteroatoms. The number of carbonyl (C=O) groups is 3. The number of carbonyl (C=O) groups excluding carboxylic acids is 3. The molecule has 0 saturated heterocycles. The van der Waals surface area contributed by atoms with Crippen LogP contribution in [0.4, 0.5) is 0 Å². The summed E-state index contributed by atoms with van der Waals surface area (Å²) in [6.45, 7) is 0. The molecule has 3 rings (SSSR count). The second-order valence-electron chi connectivity index (χ2n) is 5.03. The number of phenols is 1. The van der Waals surface area contributed by atoms with Gasteiger partial charge in [0, 0.05) is 11.1 Å². The van der Waals surface area contributed by atoms with Crippen molar-refractivity contribution in [3.63, 3.8) is 0 Å². The molecule has 1 N–H and O–H groups in total. The smallest absolute Gasteiger partial charge is 0.182 e. The average molecular weight is 292 g/mol. The van der Waals surface area contributed by atoms with E-state index in [2.05, 4.69) is 0 Å². The minimum atomic E-state index is -1.27. The lowest BCUT2D eigenvalue weighted by Gasteiger charge is -2.01. The minimum Gasteiger partial charge on any atom is -0.508 e. The third-order valence-electron chi connectivity index (χ3n) is 3.60. The predicted octanol–water partition coefficient (Wildman–Crippen LogP) is 2.67. The molecule has 0 atom stereocenters. The molecule has 0 bridgehead atoms. The lowest BCUT2D eigenvalue weighted by Crippen LogP contribution is -2.23. The maximum absolute atomic E-state index is 12.2. The Labute approximate surface area is 126 Å². The van der Waals surface area contributed by atoms with Gasteiger partial charge in [-0.05, 0) is 23.8 Å². The molecule has 108 valence electrons. The van der Waals surface area contributed by atoms with Gasteiger partial charge in [0.25, 0.3) is 0 Å². The molecule has 0 heterocycles. The maximum atomic E-state index is 12.2. The van der Waals surface area contributed by atoms with Crippen LogP contribution in [0.25, 0.3) is 6.08 Å². The Balaban J connectivity index is 1.83. The van der Waals surface area contributed by atoms with Crippen molar-refractivity contribution >= 4 is 23.4 Å². The fraction of sp³-hybridized carbons (Fsp3) is 0.0556. The third-order valence-corrected chi connectivity index (χ3v) is 3.60. The van der Waals surface area contributed by atoms with Gasteiger partial charge in [-0.25, -0.2) is 0 Å². The van der Waals surface area contributed by atoms with Crippen molar-refractivity contribution in [2.75, 3.05) is 0 Å². The van der Waals surface area contributed by atoms with Crippen LogP contribution >= 0.6 is 0 Å². The molecule has 0 aliphatic heterocycles. The largest absolute Gasteiger partial charge is 0.508 e. The van der Waals surface area contributed by atoms with E-state index in [1.165, 1.54) is 24.3 Å². The summed E-state index contributed by atoms with van der Waals surface area (Å²) in [5.74, 6) is -2.56. The highest BCUT2D eigenvalue weighted by molar-refractivity contribution is 6.37. The van der Waals surface area contributed by atoms with Gasteiger partial charge in [-0.2, -0.15) is 0 Å². The topological polar surface area (TPSA) is 71.4 Å². The number of ketones is 3. The monoisotopic (exact) mass is 292 g/mol. The van der Waals surface area contributed by atoms with E-state index in [-0.39, 0.29) is 5.75 Å². The predicted molar refractivity (Wildman–Crippen MR) is 80.7 cm³/mol. The first-order valence-electron chi connectivity index (χ1n) is 6.76. The molecule has 0 aromatic heterocycles. The second kappa shape index (κ2) is 5.41. The van der Waals surface area contributed by atoms with E-state index in [1.807, 2.05) is 0 Å². The van der Waals surface area contributed by atoms with Crippen LogP contribution in [0.2, 0.25) is 0 Å². The van der Waals surface area contributed by atoms with Gasteiger partial charge in [0.15, 0.2) is 17.3 Å². The van der Waals surface area contributed by atoms with Gasteiger partial charge < -0.3 is 5.11 Å². The Bertz CT molecular complexity index is 765. The number of fused-ring (bicyclic) bond motifs is 1. The standard InChI is InChI=1S/C18H12O4/c19-12-8-5-11(6-9-12)7-10-15(20)16-17(21)13-3-1-2-4-14(13)18(16)22/h1-10,16,19H/b10-7+. The Morgan fingerprint density at radius 3 is 2.00 bits per heavy atom. The molecule has 0 amide bonds. The van der Waals surface area contributed by atoms with Crippen molar-refractivity contribution in [1.82, 2.24) is 0 Å². The molecule has 1 aliphatic rings. The summed E-state index contributed by atoms with van der Waals surface area (Å²) in [5, 5.41) is 9.20. The van der Waals surface area contributed by atoms with Gasteiger partial charge in [0.05, 0.1) is 0 Å². The van der Waals surface area contributed by atoms with Crippen molar-refractivity contribution in [3.05, 3.63) is 71.3 Å². The number of phenolic OH excluding ortho intramolecular Hbond substituents is 1. The molecule has 22 heavy (non-hydrogen) atoms. The highest BCUT2D eigenvalue weighted by atomic mass is 16.3. The van der Waals surface area contributed by atoms with Crippen LogP contribution in [0.3, 0.4) is 0 Å². The number of hydrogen-bond acceptors (Lipinski definition) is 4. The quantitative estimate of drug-likeness (QED) is 0.697. The molecule has 0 unspecified atom stereocenters. The van der Waals surface area contributed by atoms with Crippen molar-refractivity contribution in [1.29, 1.82) is 0 Å². The summed E-state index contributed by atoms with van der Waals surface area (Å²) in [6, 6.07) is 12.7. The number of allylic oxidation sites excluding steroid dienone is 1. The molecule has 0 fully saturated rings. The molecular weight excluding hydrogens is 280 g/mol. The zero-order chi connectivity index (χ0) is 15.7. The van der Waals surface area contributed by atoms with Crippen LogP contribution in [-0.4, -0.2) is 22.5 Å². The summed E-state index contributed by atoms with van der Waals surface area (Å²) in [7, 11) is 0. The van der Waals surface area contributed by atoms with Crippen LogP contribution in [0, 0.1) is 5.92 Å². The molecule has 0 saturated carbocycles. The highest BCUT2D eigenvalue weighted by Crippen LogP contribution is 2.27. The van der Waals surface area contributed by atoms with Gasteiger partial charge in [-0.3, -0.25) is 14.4 Å². The third kappa shape index (κ3) is 2.35. The molecule has 1 aliphatic carbocycles. The van der Waals surface area contributed by atoms with E-state index in [9.17, 15) is 19.5 Å². The Hall–Kier alpha value is -3.01. The number of benzene rings is 2. The number of Topliss-reactive ketones (excluding diaryl/α,β-unsaturated/α-hetero) is 2. The normalized spacial score (nSPS) is 14.5. The van der Waals surface area contributed by atoms with E-state index in [0.29, 0.717) is 16.7 Å². The number of hydrogen-bond donors (Lipinski definition) is 1. The van der Waals surface area contributed by atoms with Gasteiger partial charge in [0.2, 0.25) is 0 Å². The van der Waals surface area contributed by atoms with E-state index in [0.717, 1.165) is 0 Å². The second-order valence-corrected chi connectivity index (χ2v) is 5.03. The summed E-state index contributed by atoms with van der Waals surface area (Å²) in [5.41, 5.74) is 1.31. The van der Waals surface area contributed by atoms with E-state index in [4.69, 9.17) is 0 Å². The Morgan fingerprint density at radius 1 is 0.909 bits per heavy atom. The maximum Gasteiger partial charge on any atom is 0.182 e. The molecule has 0 spiro atoms. The van der Waals surface area contributed by atoms with Crippen molar-refractivity contribution < 1.29 is 19.5 Å². The highest BCUT2D eigenvalue weighted by Gasteiger charge is 2.41. The van der Waals surface area contributed by atoms with Crippen LogP contribution in [0.15, 0.2) is 54.6 Å². The van der Waals surface area contributed by atoms with Crippen molar-refractivity contribution in [3.8, 4) is 5.75 Å². The molecule has 2 aromatic carbocycles. The zero-order valence-electron chi connectivity index (χ0n) is 11.5. The first-order valence-corrected chi connectivity index (χ1v) is 6.76. The van der Waals surface area contributed by atoms with Gasteiger partial charge in [-0.15, -0.1) is 0 Å². The fourth-order valence-electron chi connectivity index (χ4n) is 2.46. The van der Waals surface area contributed by atoms with Crippen molar-refractivity contribution in [2.24, 2.45) is 5.92 Å². The van der Waals surface area contributed by atoms with Crippen molar-refractivity contribution in [2.45, 2.75) is 0 Å². The summed E-state index contributed by atoms with van der Waals surface area (Å²) < 4.78 is 0. The Morgan fingerprint density at radius 2 is 1.45 bits per heavy atom. The average Bonchev–Trinajstić information content (AvgIpc) is 2.79. The van der Waals surface area contributed by atoms with Crippen LogP contribution in [0.5, 0.6) is 5.75 Å². The van der Waals surface area contributed by atoms with E-state index < -0.39 is 23.3 Å². The van der Waals surface area contributed by atoms with Gasteiger partial charge >= 0.3 is 0 Å². The van der Waals surface area contributed by atoms with E-state index in [1.54, 1.807) is 36.4 Å². The SMILES string of the molecule is O=C(/C=C/c1ccc(O)cc1)C1C(=O)c2ccccc2C1=O. The number of aromatic hydroxyl groups is 1. The zero-order valence-corrected chi connectivity index (χ0v) is 11.5.